The molecule has 0 N–H and O–H groups in total. The first-order chi connectivity index (χ1) is 24.1. The minimum atomic E-state index is -1.13. The first kappa shape index (κ1) is 47.8. The van der Waals surface area contributed by atoms with Gasteiger partial charge in [0.25, 0.3) is 0 Å². The maximum Gasteiger partial charge on any atom is 0.306 e. The first-order valence-corrected chi connectivity index (χ1v) is 20.4. The number of hydrogen-bond acceptors (Lipinski definition) is 7. The SMILES string of the molecule is CC/C=C/C/C=C/CCCCCCCC(=O)OCC(COCCC(C(=O)[O-])[N+](C)(C)C)OC(=O)CCCCCCCCCCCCCCCC. The van der Waals surface area contributed by atoms with Gasteiger partial charge in [0.15, 0.2) is 6.10 Å². The van der Waals surface area contributed by atoms with E-state index in [1.165, 1.54) is 70.6 Å². The maximum atomic E-state index is 12.7. The van der Waals surface area contributed by atoms with Gasteiger partial charge in [-0.3, -0.25) is 9.59 Å². The molecule has 0 amide bonds. The van der Waals surface area contributed by atoms with Crippen LogP contribution in [0.25, 0.3) is 0 Å². The smallest absolute Gasteiger partial charge is 0.306 e. The quantitative estimate of drug-likeness (QED) is 0.0277. The number of esters is 2. The van der Waals surface area contributed by atoms with Gasteiger partial charge in [-0.2, -0.15) is 0 Å². The highest BCUT2D eigenvalue weighted by Gasteiger charge is 2.25. The lowest BCUT2D eigenvalue weighted by Crippen LogP contribution is -2.55. The maximum absolute atomic E-state index is 12.7. The van der Waals surface area contributed by atoms with Crippen LogP contribution in [0.1, 0.15) is 174 Å². The van der Waals surface area contributed by atoms with Crippen LogP contribution in [-0.2, 0) is 28.6 Å². The third kappa shape index (κ3) is 31.8. The van der Waals surface area contributed by atoms with Crippen LogP contribution in [0.4, 0.5) is 0 Å². The van der Waals surface area contributed by atoms with Gasteiger partial charge in [-0.05, 0) is 38.5 Å². The van der Waals surface area contributed by atoms with E-state index in [1.807, 2.05) is 0 Å². The molecule has 0 rings (SSSR count). The molecule has 0 bridgehead atoms. The molecule has 0 heterocycles. The lowest BCUT2D eigenvalue weighted by Gasteiger charge is -2.34. The number of likely N-dealkylation sites (N-methyl/N-ethyl adjacent to an activating group) is 1. The number of carbonyl (C=O) groups is 3. The minimum absolute atomic E-state index is 0.0397. The van der Waals surface area contributed by atoms with Gasteiger partial charge in [-0.25, -0.2) is 0 Å². The van der Waals surface area contributed by atoms with E-state index in [4.69, 9.17) is 14.2 Å². The zero-order valence-electron chi connectivity index (χ0n) is 33.1. The molecule has 0 aromatic rings. The van der Waals surface area contributed by atoms with Crippen LogP contribution < -0.4 is 5.11 Å². The van der Waals surface area contributed by atoms with Gasteiger partial charge >= 0.3 is 11.9 Å². The molecule has 2 unspecified atom stereocenters. The Morgan fingerprint density at radius 3 is 1.64 bits per heavy atom. The number of unbranched alkanes of at least 4 members (excludes halogenated alkanes) is 18. The molecule has 8 nitrogen and oxygen atoms in total. The lowest BCUT2D eigenvalue weighted by molar-refractivity contribution is -0.889. The lowest BCUT2D eigenvalue weighted by atomic mass is 10.0. The number of carboxylic acid groups (broad SMARTS) is 1. The summed E-state index contributed by atoms with van der Waals surface area (Å²) in [6, 6.07) is -0.724. The van der Waals surface area contributed by atoms with Crippen LogP contribution in [0.15, 0.2) is 24.3 Å². The summed E-state index contributed by atoms with van der Waals surface area (Å²) < 4.78 is 17.1. The Morgan fingerprint density at radius 1 is 0.620 bits per heavy atom. The largest absolute Gasteiger partial charge is 0.544 e. The zero-order chi connectivity index (χ0) is 37.1. The topological polar surface area (TPSA) is 102 Å². The molecule has 2 atom stereocenters. The Morgan fingerprint density at radius 2 is 1.12 bits per heavy atom. The number of nitrogens with zero attached hydrogens (tertiary/aromatic N) is 1. The molecule has 0 aromatic heterocycles. The fourth-order valence-corrected chi connectivity index (χ4v) is 5.93. The van der Waals surface area contributed by atoms with Gasteiger partial charge in [0, 0.05) is 19.3 Å². The molecule has 8 heteroatoms. The summed E-state index contributed by atoms with van der Waals surface area (Å²) >= 11 is 0. The number of ether oxygens (including phenoxy) is 3. The van der Waals surface area contributed by atoms with E-state index in [0.29, 0.717) is 12.8 Å². The third-order valence-electron chi connectivity index (χ3n) is 9.10. The number of aliphatic carboxylic acids is 1. The molecule has 0 saturated carbocycles. The minimum Gasteiger partial charge on any atom is -0.544 e. The van der Waals surface area contributed by atoms with Crippen molar-refractivity contribution in [1.82, 2.24) is 0 Å². The number of allylic oxidation sites excluding steroid dienone is 4. The summed E-state index contributed by atoms with van der Waals surface area (Å²) in [4.78, 5) is 36.7. The van der Waals surface area contributed by atoms with E-state index < -0.39 is 18.1 Å². The summed E-state index contributed by atoms with van der Waals surface area (Å²) in [5.74, 6) is -1.75. The molecule has 50 heavy (non-hydrogen) atoms. The normalized spacial score (nSPS) is 13.2. The molecule has 292 valence electrons. The van der Waals surface area contributed by atoms with Crippen molar-refractivity contribution in [3.05, 3.63) is 24.3 Å². The second-order valence-corrected chi connectivity index (χ2v) is 14.8. The van der Waals surface area contributed by atoms with E-state index in [2.05, 4.69) is 38.2 Å². The van der Waals surface area contributed by atoms with Crippen molar-refractivity contribution >= 4 is 17.9 Å². The van der Waals surface area contributed by atoms with Gasteiger partial charge in [-0.15, -0.1) is 0 Å². The fraction of sp³-hybridized carbons (Fsp3) is 0.833. The number of quaternary nitrogens is 1. The second-order valence-electron chi connectivity index (χ2n) is 14.8. The number of hydrogen-bond donors (Lipinski definition) is 0. The van der Waals surface area contributed by atoms with Crippen LogP contribution in [-0.4, -0.2) is 75.5 Å². The van der Waals surface area contributed by atoms with Crippen molar-refractivity contribution < 1.29 is 38.2 Å². The molecule has 0 saturated heterocycles. The molecule has 0 aliphatic carbocycles. The Labute approximate surface area is 307 Å². The van der Waals surface area contributed by atoms with Crippen LogP contribution in [0, 0.1) is 0 Å². The highest BCUT2D eigenvalue weighted by molar-refractivity contribution is 5.70. The average molecular weight is 708 g/mol. The molecule has 0 aliphatic rings. The summed E-state index contributed by atoms with van der Waals surface area (Å²) in [6.07, 6.45) is 34.8. The van der Waals surface area contributed by atoms with Crippen molar-refractivity contribution in [1.29, 1.82) is 0 Å². The highest BCUT2D eigenvalue weighted by Crippen LogP contribution is 2.15. The Bertz CT molecular complexity index is 880. The average Bonchev–Trinajstić information content (AvgIpc) is 3.06. The summed E-state index contributed by atoms with van der Waals surface area (Å²) in [7, 11) is 5.40. The van der Waals surface area contributed by atoms with Crippen molar-refractivity contribution in [2.75, 3.05) is 41.0 Å². The Balaban J connectivity index is 4.39. The zero-order valence-corrected chi connectivity index (χ0v) is 33.1. The van der Waals surface area contributed by atoms with Crippen LogP contribution in [0.2, 0.25) is 0 Å². The number of carboxylic acids is 1. The predicted molar refractivity (Wildman–Crippen MR) is 204 cm³/mol. The van der Waals surface area contributed by atoms with Crippen molar-refractivity contribution in [3.8, 4) is 0 Å². The molecule has 0 aromatic carbocycles. The van der Waals surface area contributed by atoms with E-state index >= 15 is 0 Å². The first-order valence-electron chi connectivity index (χ1n) is 20.4. The highest BCUT2D eigenvalue weighted by atomic mass is 16.6. The number of carbonyl (C=O) groups excluding carboxylic acids is 3. The van der Waals surface area contributed by atoms with Gasteiger partial charge in [0.05, 0.1) is 40.3 Å². The van der Waals surface area contributed by atoms with Crippen molar-refractivity contribution in [2.24, 2.45) is 0 Å². The van der Waals surface area contributed by atoms with Crippen molar-refractivity contribution in [3.63, 3.8) is 0 Å². The number of rotatable bonds is 36. The molecule has 0 radical (unpaired) electrons. The molecular formula is C42H77NO7. The Hall–Kier alpha value is -2.19. The molecule has 0 spiro atoms. The molecule has 0 fully saturated rings. The molecule has 0 aliphatic heterocycles. The second kappa shape index (κ2) is 33.9. The van der Waals surface area contributed by atoms with Gasteiger partial charge in [0.2, 0.25) is 0 Å². The van der Waals surface area contributed by atoms with E-state index in [-0.39, 0.29) is 42.7 Å². The summed E-state index contributed by atoms with van der Waals surface area (Å²) in [5.41, 5.74) is 0. The van der Waals surface area contributed by atoms with Gasteiger partial charge < -0.3 is 28.6 Å². The van der Waals surface area contributed by atoms with Crippen molar-refractivity contribution in [2.45, 2.75) is 187 Å². The van der Waals surface area contributed by atoms with Crippen LogP contribution in [0.5, 0.6) is 0 Å². The molecular weight excluding hydrogens is 630 g/mol. The van der Waals surface area contributed by atoms with E-state index in [1.54, 1.807) is 21.1 Å². The fourth-order valence-electron chi connectivity index (χ4n) is 5.93. The predicted octanol–water partition coefficient (Wildman–Crippen LogP) is 9.19. The van der Waals surface area contributed by atoms with Gasteiger partial charge in [0.1, 0.15) is 12.6 Å². The summed E-state index contributed by atoms with van der Waals surface area (Å²) in [6.45, 7) is 4.54. The standard InChI is InChI=1S/C42H77NO7/c1-6-8-10-12-14-16-18-20-21-23-25-27-29-31-33-41(45)50-38(36-48-35-34-39(42(46)47)43(3,4)5)37-49-40(44)32-30-28-26-24-22-19-17-15-13-11-9-7-2/h9,11,15,17,38-39H,6-8,10,12-14,16,18-37H2,1-5H3/b11-9+,17-15+. The van der Waals surface area contributed by atoms with Crippen LogP contribution >= 0.6 is 0 Å². The van der Waals surface area contributed by atoms with E-state index in [9.17, 15) is 19.5 Å². The van der Waals surface area contributed by atoms with E-state index in [0.717, 1.165) is 70.6 Å². The van der Waals surface area contributed by atoms with Gasteiger partial charge in [-0.1, -0.05) is 141 Å². The monoisotopic (exact) mass is 708 g/mol. The Kier molecular flexibility index (Phi) is 32.4. The third-order valence-corrected chi connectivity index (χ3v) is 9.10. The summed E-state index contributed by atoms with van der Waals surface area (Å²) in [5, 5.41) is 11.6. The van der Waals surface area contributed by atoms with Crippen LogP contribution in [0.3, 0.4) is 0 Å².